The molecule has 2 rings (SSSR count). The number of benzene rings is 2. The second-order valence-electron chi connectivity index (χ2n) is 5.71. The largest absolute Gasteiger partial charge is 0.490 e. The van der Waals surface area contributed by atoms with Crippen LogP contribution >= 0.6 is 0 Å². The minimum atomic E-state index is -3.87. The first-order valence-corrected chi connectivity index (χ1v) is 9.23. The van der Waals surface area contributed by atoms with Gasteiger partial charge in [-0.1, -0.05) is 30.9 Å². The van der Waals surface area contributed by atoms with E-state index in [0.717, 1.165) is 15.9 Å². The van der Waals surface area contributed by atoms with Crippen molar-refractivity contribution in [3.05, 3.63) is 76.4 Å². The van der Waals surface area contributed by atoms with Gasteiger partial charge >= 0.3 is 0 Å². The molecule has 0 fully saturated rings. The normalized spacial score (nSPS) is 11.3. The highest BCUT2D eigenvalue weighted by molar-refractivity contribution is 7.89. The van der Waals surface area contributed by atoms with Crippen molar-refractivity contribution < 1.29 is 18.1 Å². The van der Waals surface area contributed by atoms with Crippen molar-refractivity contribution in [3.8, 4) is 5.75 Å². The van der Waals surface area contributed by atoms with Crippen LogP contribution in [0.25, 0.3) is 0 Å². The minimum Gasteiger partial charge on any atom is -0.490 e. The first-order valence-electron chi connectivity index (χ1n) is 7.79. The lowest BCUT2D eigenvalue weighted by molar-refractivity contribution is -0.385. The maximum atomic E-state index is 12.7. The first-order chi connectivity index (χ1) is 12.3. The van der Waals surface area contributed by atoms with Crippen LogP contribution in [0.5, 0.6) is 5.75 Å². The fourth-order valence-corrected chi connectivity index (χ4v) is 3.54. The molecule has 0 aromatic heterocycles. The van der Waals surface area contributed by atoms with Crippen molar-refractivity contribution in [1.29, 1.82) is 0 Å². The summed E-state index contributed by atoms with van der Waals surface area (Å²) in [6.07, 6.45) is 1.62. The van der Waals surface area contributed by atoms with Gasteiger partial charge in [-0.3, -0.25) is 10.1 Å². The molecule has 0 radical (unpaired) electrons. The van der Waals surface area contributed by atoms with Gasteiger partial charge in [-0.05, 0) is 30.7 Å². The number of aryl methyl sites for hydroxylation is 1. The van der Waals surface area contributed by atoms with E-state index < -0.39 is 14.9 Å². The quantitative estimate of drug-likeness (QED) is 0.401. The summed E-state index contributed by atoms with van der Waals surface area (Å²) < 4.78 is 32.1. The van der Waals surface area contributed by atoms with Crippen molar-refractivity contribution in [3.63, 3.8) is 0 Å². The summed E-state index contributed by atoms with van der Waals surface area (Å²) in [4.78, 5) is 10.4. The van der Waals surface area contributed by atoms with Crippen molar-refractivity contribution in [2.45, 2.75) is 18.4 Å². The molecule has 0 aliphatic carbocycles. The molecule has 0 heterocycles. The molecule has 0 amide bonds. The number of hydrogen-bond donors (Lipinski definition) is 0. The van der Waals surface area contributed by atoms with Gasteiger partial charge < -0.3 is 4.74 Å². The monoisotopic (exact) mass is 376 g/mol. The van der Waals surface area contributed by atoms with Gasteiger partial charge in [-0.25, -0.2) is 8.42 Å². The van der Waals surface area contributed by atoms with Crippen LogP contribution in [0.2, 0.25) is 0 Å². The summed E-state index contributed by atoms with van der Waals surface area (Å²) in [7, 11) is -2.44. The Kier molecular flexibility index (Phi) is 6.12. The topological polar surface area (TPSA) is 89.8 Å². The SMILES string of the molecule is C=CCOc1cccc(CN(C)S(=O)(=O)c2ccc(C)c([N+](=O)[O-])c2)c1. The van der Waals surface area contributed by atoms with Crippen LogP contribution in [0.4, 0.5) is 5.69 Å². The van der Waals surface area contributed by atoms with Gasteiger partial charge in [0.2, 0.25) is 10.0 Å². The Bertz CT molecular complexity index is 925. The van der Waals surface area contributed by atoms with E-state index in [4.69, 9.17) is 4.74 Å². The third-order valence-corrected chi connectivity index (χ3v) is 5.56. The molecule has 2 aromatic carbocycles. The molecule has 0 saturated heterocycles. The number of ether oxygens (including phenoxy) is 1. The number of sulfonamides is 1. The third kappa shape index (κ3) is 4.47. The standard InChI is InChI=1S/C18H20N2O5S/c1-4-10-25-16-7-5-6-15(11-16)13-19(3)26(23,24)17-9-8-14(2)18(12-17)20(21)22/h4-9,11-12H,1,10,13H2,2-3H3. The summed E-state index contributed by atoms with van der Waals surface area (Å²) in [6, 6.07) is 11.0. The molecule has 0 bridgehead atoms. The zero-order chi connectivity index (χ0) is 19.3. The van der Waals surface area contributed by atoms with Gasteiger partial charge in [-0.15, -0.1) is 0 Å². The summed E-state index contributed by atoms with van der Waals surface area (Å²) in [5.41, 5.74) is 0.919. The maximum Gasteiger partial charge on any atom is 0.273 e. The van der Waals surface area contributed by atoms with E-state index in [0.29, 0.717) is 17.9 Å². The van der Waals surface area contributed by atoms with Gasteiger partial charge in [0.1, 0.15) is 12.4 Å². The van der Waals surface area contributed by atoms with Gasteiger partial charge in [-0.2, -0.15) is 4.31 Å². The maximum absolute atomic E-state index is 12.7. The molecule has 0 aliphatic rings. The van der Waals surface area contributed by atoms with Gasteiger partial charge in [0.25, 0.3) is 5.69 Å². The molecular weight excluding hydrogens is 356 g/mol. The molecule has 26 heavy (non-hydrogen) atoms. The highest BCUT2D eigenvalue weighted by Crippen LogP contribution is 2.25. The first kappa shape index (κ1) is 19.6. The Balaban J connectivity index is 2.25. The minimum absolute atomic E-state index is 0.106. The Labute approximate surface area is 152 Å². The van der Waals surface area contributed by atoms with Crippen molar-refractivity contribution in [2.75, 3.05) is 13.7 Å². The molecule has 0 aliphatic heterocycles. The zero-order valence-corrected chi connectivity index (χ0v) is 15.4. The fraction of sp³-hybridized carbons (Fsp3) is 0.222. The lowest BCUT2D eigenvalue weighted by Crippen LogP contribution is -2.26. The zero-order valence-electron chi connectivity index (χ0n) is 14.6. The van der Waals surface area contributed by atoms with Crippen LogP contribution in [-0.2, 0) is 16.6 Å². The van der Waals surface area contributed by atoms with Crippen LogP contribution in [0, 0.1) is 17.0 Å². The van der Waals surface area contributed by atoms with Gasteiger partial charge in [0.05, 0.1) is 9.82 Å². The highest BCUT2D eigenvalue weighted by Gasteiger charge is 2.24. The van der Waals surface area contributed by atoms with Crippen LogP contribution in [-0.4, -0.2) is 31.3 Å². The van der Waals surface area contributed by atoms with Crippen LogP contribution in [0.15, 0.2) is 60.0 Å². The van der Waals surface area contributed by atoms with E-state index in [1.54, 1.807) is 37.3 Å². The third-order valence-electron chi connectivity index (χ3n) is 3.76. The summed E-state index contributed by atoms with van der Waals surface area (Å²) >= 11 is 0. The summed E-state index contributed by atoms with van der Waals surface area (Å²) in [6.45, 7) is 5.60. The molecule has 0 atom stereocenters. The predicted molar refractivity (Wildman–Crippen MR) is 98.6 cm³/mol. The molecule has 0 N–H and O–H groups in total. The Morgan fingerprint density at radius 2 is 2.00 bits per heavy atom. The highest BCUT2D eigenvalue weighted by atomic mass is 32.2. The number of nitrogens with zero attached hydrogens (tertiary/aromatic N) is 2. The average molecular weight is 376 g/mol. The number of hydrogen-bond acceptors (Lipinski definition) is 5. The van der Waals surface area contributed by atoms with E-state index in [9.17, 15) is 18.5 Å². The van der Waals surface area contributed by atoms with Crippen molar-refractivity contribution in [1.82, 2.24) is 4.31 Å². The summed E-state index contributed by atoms with van der Waals surface area (Å²) in [5.74, 6) is 0.610. The molecule has 0 spiro atoms. The average Bonchev–Trinajstić information content (AvgIpc) is 2.60. The van der Waals surface area contributed by atoms with Crippen LogP contribution < -0.4 is 4.74 Å². The second kappa shape index (κ2) is 8.11. The van der Waals surface area contributed by atoms with E-state index in [2.05, 4.69) is 6.58 Å². The Morgan fingerprint density at radius 1 is 1.27 bits per heavy atom. The molecule has 0 unspecified atom stereocenters. The molecule has 8 heteroatoms. The molecule has 138 valence electrons. The van der Waals surface area contributed by atoms with Gasteiger partial charge in [0, 0.05) is 25.2 Å². The molecule has 0 saturated carbocycles. The second-order valence-corrected chi connectivity index (χ2v) is 7.76. The lowest BCUT2D eigenvalue weighted by atomic mass is 10.2. The van der Waals surface area contributed by atoms with Crippen molar-refractivity contribution in [2.24, 2.45) is 0 Å². The molecule has 2 aromatic rings. The Morgan fingerprint density at radius 3 is 2.65 bits per heavy atom. The Hall–Kier alpha value is -2.71. The number of nitro benzene ring substituents is 1. The molecular formula is C18H20N2O5S. The predicted octanol–water partition coefficient (Wildman–Crippen LogP) is 3.29. The number of nitro groups is 1. The van der Waals surface area contributed by atoms with Crippen LogP contribution in [0.3, 0.4) is 0 Å². The smallest absolute Gasteiger partial charge is 0.273 e. The summed E-state index contributed by atoms with van der Waals surface area (Å²) in [5, 5.41) is 11.1. The lowest BCUT2D eigenvalue weighted by Gasteiger charge is -2.18. The van der Waals surface area contributed by atoms with E-state index in [-0.39, 0.29) is 17.1 Å². The molecule has 7 nitrogen and oxygen atoms in total. The van der Waals surface area contributed by atoms with E-state index in [1.165, 1.54) is 19.2 Å². The van der Waals surface area contributed by atoms with Crippen LogP contribution in [0.1, 0.15) is 11.1 Å². The van der Waals surface area contributed by atoms with Gasteiger partial charge in [0.15, 0.2) is 0 Å². The number of rotatable bonds is 8. The van der Waals surface area contributed by atoms with E-state index in [1.807, 2.05) is 0 Å². The fourth-order valence-electron chi connectivity index (χ4n) is 2.36. The van der Waals surface area contributed by atoms with E-state index >= 15 is 0 Å². The van der Waals surface area contributed by atoms with Crippen molar-refractivity contribution >= 4 is 15.7 Å².